The summed E-state index contributed by atoms with van der Waals surface area (Å²) in [6, 6.07) is 0. The molecule has 1 aliphatic carbocycles. The highest BCUT2D eigenvalue weighted by Crippen LogP contribution is 2.53. The number of hydrogen-bond donors (Lipinski definition) is 2. The van der Waals surface area contributed by atoms with Gasteiger partial charge in [0.15, 0.2) is 5.82 Å². The average molecular weight is 386 g/mol. The Balaban J connectivity index is 2.26. The first-order valence-electron chi connectivity index (χ1n) is 7.18. The van der Waals surface area contributed by atoms with Gasteiger partial charge < -0.3 is 15.2 Å². The lowest BCUT2D eigenvalue weighted by molar-refractivity contribution is -0.160. The van der Waals surface area contributed by atoms with Crippen LogP contribution in [0, 0.1) is 5.41 Å². The number of nitrogens with zero attached hydrogens (tertiary/aromatic N) is 2. The van der Waals surface area contributed by atoms with Crippen molar-refractivity contribution in [3.63, 3.8) is 0 Å². The highest BCUT2D eigenvalue weighted by atomic mass is 79.9. The van der Waals surface area contributed by atoms with Crippen LogP contribution in [0.5, 0.6) is 0 Å². The molecule has 0 atom stereocenters. The fourth-order valence-corrected chi connectivity index (χ4v) is 3.00. The Morgan fingerprint density at radius 2 is 1.83 bits per heavy atom. The van der Waals surface area contributed by atoms with Gasteiger partial charge in [0.2, 0.25) is 0 Å². The van der Waals surface area contributed by atoms with E-state index in [-0.39, 0.29) is 12.8 Å². The second-order valence-corrected chi connectivity index (χ2v) is 8.07. The van der Waals surface area contributed by atoms with Gasteiger partial charge in [-0.15, -0.1) is 0 Å². The molecule has 126 valence electrons. The smallest absolute Gasteiger partial charge is 0.408 e. The summed E-state index contributed by atoms with van der Waals surface area (Å²) in [6.45, 7) is 6.93. The number of aliphatic carboxylic acids is 1. The van der Waals surface area contributed by atoms with Gasteiger partial charge in [-0.25, -0.2) is 14.8 Å². The predicted molar refractivity (Wildman–Crippen MR) is 85.8 cm³/mol. The number of hydrogen-bond acceptors (Lipinski definition) is 5. The quantitative estimate of drug-likeness (QED) is 0.829. The largest absolute Gasteiger partial charge is 0.481 e. The molecule has 1 fully saturated rings. The first-order chi connectivity index (χ1) is 10.5. The second-order valence-electron chi connectivity index (χ2n) is 7.15. The number of carbonyl (C=O) groups excluding carboxylic acids is 1. The molecule has 0 aromatic carbocycles. The first-order valence-corrected chi connectivity index (χ1v) is 7.98. The minimum atomic E-state index is -0.934. The second kappa shape index (κ2) is 5.74. The van der Waals surface area contributed by atoms with E-state index in [1.165, 1.54) is 0 Å². The van der Waals surface area contributed by atoms with Crippen LogP contribution in [0.1, 0.15) is 46.4 Å². The Bertz CT molecular complexity index is 619. The Hall–Kier alpha value is -1.70. The molecule has 0 saturated heterocycles. The van der Waals surface area contributed by atoms with Crippen molar-refractivity contribution in [2.24, 2.45) is 5.41 Å². The Morgan fingerprint density at radius 3 is 2.26 bits per heavy atom. The summed E-state index contributed by atoms with van der Waals surface area (Å²) < 4.78 is 5.98. The van der Waals surface area contributed by atoms with Crippen LogP contribution in [-0.4, -0.2) is 32.7 Å². The zero-order valence-corrected chi connectivity index (χ0v) is 15.1. The lowest BCUT2D eigenvalue weighted by Gasteiger charge is -2.51. The van der Waals surface area contributed by atoms with E-state index in [4.69, 9.17) is 4.74 Å². The van der Waals surface area contributed by atoms with Crippen LogP contribution in [-0.2, 0) is 15.1 Å². The molecule has 1 saturated carbocycles. The molecule has 7 nitrogen and oxygen atoms in total. The molecule has 0 bridgehead atoms. The summed E-state index contributed by atoms with van der Waals surface area (Å²) in [5, 5.41) is 12.1. The molecule has 2 N–H and O–H groups in total. The third kappa shape index (κ3) is 3.80. The van der Waals surface area contributed by atoms with Crippen LogP contribution in [0.2, 0.25) is 0 Å². The van der Waals surface area contributed by atoms with Gasteiger partial charge in [0.05, 0.1) is 9.89 Å². The molecule has 0 unspecified atom stereocenters. The van der Waals surface area contributed by atoms with E-state index in [1.807, 2.05) is 0 Å². The molecule has 8 heteroatoms. The molecule has 1 heterocycles. The van der Waals surface area contributed by atoms with E-state index in [2.05, 4.69) is 31.2 Å². The van der Waals surface area contributed by atoms with Gasteiger partial charge in [0.25, 0.3) is 0 Å². The molecule has 23 heavy (non-hydrogen) atoms. The van der Waals surface area contributed by atoms with E-state index in [0.29, 0.717) is 10.3 Å². The molecule has 0 spiro atoms. The molecule has 1 amide bonds. The summed E-state index contributed by atoms with van der Waals surface area (Å²) in [7, 11) is 0. The number of carboxylic acids is 1. The maximum Gasteiger partial charge on any atom is 0.408 e. The van der Waals surface area contributed by atoms with Crippen molar-refractivity contribution >= 4 is 28.0 Å². The number of carboxylic acid groups (broad SMARTS) is 1. The number of aromatic nitrogens is 2. The van der Waals surface area contributed by atoms with Crippen LogP contribution in [0.3, 0.4) is 0 Å². The zero-order valence-electron chi connectivity index (χ0n) is 13.5. The van der Waals surface area contributed by atoms with Gasteiger partial charge in [-0.05, 0) is 56.5 Å². The van der Waals surface area contributed by atoms with Crippen molar-refractivity contribution in [2.45, 2.75) is 51.7 Å². The maximum absolute atomic E-state index is 12.1. The first kappa shape index (κ1) is 17.7. The van der Waals surface area contributed by atoms with Crippen molar-refractivity contribution in [3.8, 4) is 0 Å². The van der Waals surface area contributed by atoms with E-state index in [0.717, 1.165) is 0 Å². The van der Waals surface area contributed by atoms with E-state index in [1.54, 1.807) is 40.1 Å². The third-order valence-electron chi connectivity index (χ3n) is 3.69. The van der Waals surface area contributed by atoms with E-state index < -0.39 is 28.6 Å². The lowest BCUT2D eigenvalue weighted by Crippen LogP contribution is -2.62. The van der Waals surface area contributed by atoms with E-state index >= 15 is 0 Å². The monoisotopic (exact) mass is 385 g/mol. The van der Waals surface area contributed by atoms with Gasteiger partial charge >= 0.3 is 12.1 Å². The van der Waals surface area contributed by atoms with Crippen molar-refractivity contribution in [1.82, 2.24) is 15.3 Å². The Morgan fingerprint density at radius 1 is 1.30 bits per heavy atom. The number of nitrogens with one attached hydrogen (secondary N) is 1. The summed E-state index contributed by atoms with van der Waals surface area (Å²) in [4.78, 5) is 32.0. The van der Waals surface area contributed by atoms with Gasteiger partial charge in [-0.2, -0.15) is 0 Å². The molecule has 1 aliphatic rings. The lowest BCUT2D eigenvalue weighted by atomic mass is 9.57. The van der Waals surface area contributed by atoms with Crippen molar-refractivity contribution in [2.75, 3.05) is 0 Å². The van der Waals surface area contributed by atoms with Gasteiger partial charge in [0, 0.05) is 12.4 Å². The van der Waals surface area contributed by atoms with Crippen LogP contribution in [0.4, 0.5) is 4.79 Å². The standard InChI is InChI=1S/C15H20BrN3O4/c1-13(2,3)23-12(22)19-15(7-14(4,8-15)11(20)21)10-17-5-9(16)6-18-10/h5-6H,7-8H2,1-4H3,(H,19,22)(H,20,21). The Kier molecular flexibility index (Phi) is 4.40. The number of rotatable bonds is 3. The molecular formula is C15H20BrN3O4. The topological polar surface area (TPSA) is 101 Å². The van der Waals surface area contributed by atoms with Crippen LogP contribution < -0.4 is 5.32 Å². The molecule has 1 aromatic heterocycles. The fourth-order valence-electron chi connectivity index (χ4n) is 2.79. The SMILES string of the molecule is CC(C)(C)OC(=O)NC1(c2ncc(Br)cn2)CC(C)(C(=O)O)C1. The zero-order chi connectivity index (χ0) is 17.5. The molecule has 0 aliphatic heterocycles. The molecular weight excluding hydrogens is 366 g/mol. The third-order valence-corrected chi connectivity index (χ3v) is 4.10. The van der Waals surface area contributed by atoms with Gasteiger partial charge in [0.1, 0.15) is 11.1 Å². The number of amides is 1. The van der Waals surface area contributed by atoms with Crippen LogP contribution in [0.25, 0.3) is 0 Å². The summed E-state index contributed by atoms with van der Waals surface area (Å²) in [6.07, 6.45) is 2.93. The minimum Gasteiger partial charge on any atom is -0.481 e. The van der Waals surface area contributed by atoms with Crippen molar-refractivity contribution in [1.29, 1.82) is 0 Å². The number of halogens is 1. The highest BCUT2D eigenvalue weighted by molar-refractivity contribution is 9.10. The van der Waals surface area contributed by atoms with Crippen LogP contribution in [0.15, 0.2) is 16.9 Å². The fraction of sp³-hybridized carbons (Fsp3) is 0.600. The van der Waals surface area contributed by atoms with Crippen molar-refractivity contribution in [3.05, 3.63) is 22.7 Å². The molecule has 1 aromatic rings. The number of carbonyl (C=O) groups is 2. The normalized spacial score (nSPS) is 27.0. The van der Waals surface area contributed by atoms with Crippen LogP contribution >= 0.6 is 15.9 Å². The highest BCUT2D eigenvalue weighted by Gasteiger charge is 2.60. The summed E-state index contributed by atoms with van der Waals surface area (Å²) >= 11 is 3.26. The summed E-state index contributed by atoms with van der Waals surface area (Å²) in [5.41, 5.74) is -2.51. The average Bonchev–Trinajstić information content (AvgIpc) is 2.34. The van der Waals surface area contributed by atoms with Gasteiger partial charge in [-0.3, -0.25) is 4.79 Å². The van der Waals surface area contributed by atoms with E-state index in [9.17, 15) is 14.7 Å². The minimum absolute atomic E-state index is 0.205. The van der Waals surface area contributed by atoms with Crippen molar-refractivity contribution < 1.29 is 19.4 Å². The molecule has 2 rings (SSSR count). The summed E-state index contributed by atoms with van der Waals surface area (Å²) in [5.74, 6) is -0.526. The maximum atomic E-state index is 12.1. The number of ether oxygens (including phenoxy) is 1. The molecule has 0 radical (unpaired) electrons. The Labute approximate surface area is 143 Å². The predicted octanol–water partition coefficient (Wildman–Crippen LogP) is 2.84. The number of alkyl carbamates (subject to hydrolysis) is 1. The van der Waals surface area contributed by atoms with Gasteiger partial charge in [-0.1, -0.05) is 0 Å².